The zero-order valence-electron chi connectivity index (χ0n) is 11.6. The van der Waals surface area contributed by atoms with Gasteiger partial charge in [0, 0.05) is 13.0 Å². The predicted octanol–water partition coefficient (Wildman–Crippen LogP) is -0.619. The highest BCUT2D eigenvalue weighted by molar-refractivity contribution is 5.90. The van der Waals surface area contributed by atoms with Crippen LogP contribution < -0.4 is 16.0 Å². The molecule has 0 spiro atoms. The van der Waals surface area contributed by atoms with E-state index in [-0.39, 0.29) is 36.5 Å². The Bertz CT molecular complexity index is 344. The number of amides is 1. The lowest BCUT2D eigenvalue weighted by molar-refractivity contribution is -0.127. The molecule has 1 fully saturated rings. The molecular weight excluding hydrogens is 246 g/mol. The SMILES string of the molecule is CNC1CCCCNC(=O)CC(C(C)=O)NCC1=O. The number of likely N-dealkylation sites (N-methyl/N-ethyl adjacent to an activating group) is 1. The molecule has 1 aliphatic heterocycles. The fraction of sp³-hybridized carbons (Fsp3) is 0.769. The average molecular weight is 269 g/mol. The zero-order valence-corrected chi connectivity index (χ0v) is 11.6. The lowest BCUT2D eigenvalue weighted by Gasteiger charge is -2.20. The maximum absolute atomic E-state index is 12.0. The minimum atomic E-state index is -0.583. The topological polar surface area (TPSA) is 87.3 Å². The van der Waals surface area contributed by atoms with Crippen LogP contribution in [0.1, 0.15) is 32.6 Å². The van der Waals surface area contributed by atoms with Gasteiger partial charge in [-0.25, -0.2) is 0 Å². The van der Waals surface area contributed by atoms with Gasteiger partial charge in [0.2, 0.25) is 5.91 Å². The largest absolute Gasteiger partial charge is 0.356 e. The quantitative estimate of drug-likeness (QED) is 0.622. The number of carbonyl (C=O) groups excluding carboxylic acids is 3. The number of Topliss-reactive ketones (excluding diaryl/α,β-unsaturated/α-hetero) is 2. The summed E-state index contributed by atoms with van der Waals surface area (Å²) in [6.07, 6.45) is 2.56. The molecule has 0 bridgehead atoms. The molecule has 2 unspecified atom stereocenters. The Labute approximate surface area is 113 Å². The van der Waals surface area contributed by atoms with Crippen LogP contribution in [0.25, 0.3) is 0 Å². The van der Waals surface area contributed by atoms with Gasteiger partial charge >= 0.3 is 0 Å². The van der Waals surface area contributed by atoms with E-state index in [1.54, 1.807) is 7.05 Å². The summed E-state index contributed by atoms with van der Waals surface area (Å²) in [6, 6.07) is -0.767. The Morgan fingerprint density at radius 3 is 2.68 bits per heavy atom. The first-order valence-corrected chi connectivity index (χ1v) is 6.75. The number of carbonyl (C=O) groups is 3. The molecule has 0 aromatic rings. The van der Waals surface area contributed by atoms with Crippen molar-refractivity contribution >= 4 is 17.5 Å². The van der Waals surface area contributed by atoms with Gasteiger partial charge in [0.15, 0.2) is 5.78 Å². The first-order chi connectivity index (χ1) is 9.04. The molecule has 108 valence electrons. The summed E-state index contributed by atoms with van der Waals surface area (Å²) in [5.74, 6) is -0.235. The Kier molecular flexibility index (Phi) is 6.66. The van der Waals surface area contributed by atoms with Crippen molar-refractivity contribution in [3.8, 4) is 0 Å². The van der Waals surface area contributed by atoms with Crippen LogP contribution in [-0.4, -0.2) is 49.7 Å². The van der Waals surface area contributed by atoms with E-state index in [1.807, 2.05) is 0 Å². The van der Waals surface area contributed by atoms with E-state index < -0.39 is 6.04 Å². The Balaban J connectivity index is 2.67. The second-order valence-corrected chi connectivity index (χ2v) is 4.90. The van der Waals surface area contributed by atoms with Crippen LogP contribution in [-0.2, 0) is 14.4 Å². The first kappa shape index (κ1) is 15.8. The van der Waals surface area contributed by atoms with Crippen molar-refractivity contribution in [2.24, 2.45) is 0 Å². The average Bonchev–Trinajstić information content (AvgIpc) is 2.36. The number of hydrogen-bond donors (Lipinski definition) is 3. The van der Waals surface area contributed by atoms with Crippen LogP contribution in [0.2, 0.25) is 0 Å². The maximum atomic E-state index is 12.0. The molecular formula is C13H23N3O3. The summed E-state index contributed by atoms with van der Waals surface area (Å²) in [7, 11) is 1.76. The van der Waals surface area contributed by atoms with Gasteiger partial charge in [0.05, 0.1) is 18.6 Å². The van der Waals surface area contributed by atoms with Gasteiger partial charge in [-0.3, -0.25) is 14.4 Å². The molecule has 3 N–H and O–H groups in total. The second kappa shape index (κ2) is 8.01. The van der Waals surface area contributed by atoms with Crippen molar-refractivity contribution in [1.82, 2.24) is 16.0 Å². The number of ketones is 2. The van der Waals surface area contributed by atoms with E-state index in [1.165, 1.54) is 6.92 Å². The molecule has 19 heavy (non-hydrogen) atoms. The van der Waals surface area contributed by atoms with Crippen LogP contribution in [0.3, 0.4) is 0 Å². The first-order valence-electron chi connectivity index (χ1n) is 6.75. The number of hydrogen-bond acceptors (Lipinski definition) is 5. The van der Waals surface area contributed by atoms with E-state index >= 15 is 0 Å². The summed E-state index contributed by atoms with van der Waals surface area (Å²) in [5.41, 5.74) is 0. The van der Waals surface area contributed by atoms with Gasteiger partial charge in [-0.05, 0) is 33.2 Å². The van der Waals surface area contributed by atoms with Crippen LogP contribution >= 0.6 is 0 Å². The van der Waals surface area contributed by atoms with Gasteiger partial charge in [-0.2, -0.15) is 0 Å². The predicted molar refractivity (Wildman–Crippen MR) is 71.8 cm³/mol. The van der Waals surface area contributed by atoms with Crippen LogP contribution in [0.5, 0.6) is 0 Å². The van der Waals surface area contributed by atoms with Gasteiger partial charge < -0.3 is 16.0 Å². The molecule has 6 heteroatoms. The third-order valence-corrected chi connectivity index (χ3v) is 3.38. The van der Waals surface area contributed by atoms with Crippen molar-refractivity contribution in [2.45, 2.75) is 44.7 Å². The van der Waals surface area contributed by atoms with Crippen molar-refractivity contribution in [3.05, 3.63) is 0 Å². The van der Waals surface area contributed by atoms with E-state index in [0.717, 1.165) is 19.3 Å². The Morgan fingerprint density at radius 2 is 2.05 bits per heavy atom. The summed E-state index contributed by atoms with van der Waals surface area (Å²) in [5, 5.41) is 8.67. The van der Waals surface area contributed by atoms with E-state index in [9.17, 15) is 14.4 Å². The molecule has 2 atom stereocenters. The fourth-order valence-corrected chi connectivity index (χ4v) is 2.13. The van der Waals surface area contributed by atoms with Crippen LogP contribution in [0.15, 0.2) is 0 Å². The lowest BCUT2D eigenvalue weighted by Crippen LogP contribution is -2.47. The summed E-state index contributed by atoms with van der Waals surface area (Å²) >= 11 is 0. The standard InChI is InChI=1S/C13H23N3O3/c1-9(17)11-7-13(19)15-6-4-3-5-10(14-2)12(18)8-16-11/h10-11,14,16H,3-8H2,1-2H3,(H,15,19). The molecule has 0 saturated carbocycles. The highest BCUT2D eigenvalue weighted by Crippen LogP contribution is 2.04. The lowest BCUT2D eigenvalue weighted by atomic mass is 10.0. The van der Waals surface area contributed by atoms with Gasteiger partial charge in [-0.1, -0.05) is 0 Å². The molecule has 1 aliphatic rings. The monoisotopic (exact) mass is 269 g/mol. The summed E-state index contributed by atoms with van der Waals surface area (Å²) < 4.78 is 0. The van der Waals surface area contributed by atoms with Crippen molar-refractivity contribution < 1.29 is 14.4 Å². The molecule has 1 heterocycles. The molecule has 1 saturated heterocycles. The van der Waals surface area contributed by atoms with E-state index in [0.29, 0.717) is 6.54 Å². The minimum absolute atomic E-state index is 0.0368. The van der Waals surface area contributed by atoms with Crippen LogP contribution in [0.4, 0.5) is 0 Å². The Hall–Kier alpha value is -1.27. The van der Waals surface area contributed by atoms with Gasteiger partial charge in [-0.15, -0.1) is 0 Å². The molecule has 0 aliphatic carbocycles. The minimum Gasteiger partial charge on any atom is -0.356 e. The molecule has 0 aromatic heterocycles. The smallest absolute Gasteiger partial charge is 0.222 e. The van der Waals surface area contributed by atoms with Gasteiger partial charge in [0.25, 0.3) is 0 Å². The van der Waals surface area contributed by atoms with Crippen LogP contribution in [0, 0.1) is 0 Å². The van der Waals surface area contributed by atoms with Crippen molar-refractivity contribution in [3.63, 3.8) is 0 Å². The fourth-order valence-electron chi connectivity index (χ4n) is 2.13. The third-order valence-electron chi connectivity index (χ3n) is 3.38. The summed E-state index contributed by atoms with van der Waals surface area (Å²) in [4.78, 5) is 35.0. The highest BCUT2D eigenvalue weighted by Gasteiger charge is 2.22. The molecule has 1 rings (SSSR count). The molecule has 0 radical (unpaired) electrons. The van der Waals surface area contributed by atoms with Crippen molar-refractivity contribution in [1.29, 1.82) is 0 Å². The molecule has 1 amide bonds. The number of rotatable bonds is 2. The van der Waals surface area contributed by atoms with Gasteiger partial charge in [0.1, 0.15) is 5.78 Å². The molecule has 0 aromatic carbocycles. The normalized spacial score (nSPS) is 27.1. The third kappa shape index (κ3) is 5.48. The van der Waals surface area contributed by atoms with E-state index in [2.05, 4.69) is 16.0 Å². The second-order valence-electron chi connectivity index (χ2n) is 4.90. The van der Waals surface area contributed by atoms with E-state index in [4.69, 9.17) is 0 Å². The zero-order chi connectivity index (χ0) is 14.3. The highest BCUT2D eigenvalue weighted by atomic mass is 16.2. The maximum Gasteiger partial charge on any atom is 0.222 e. The van der Waals surface area contributed by atoms with Crippen molar-refractivity contribution in [2.75, 3.05) is 20.1 Å². The summed E-state index contributed by atoms with van der Waals surface area (Å²) in [6.45, 7) is 2.13. The molecule has 6 nitrogen and oxygen atoms in total. The Morgan fingerprint density at radius 1 is 1.32 bits per heavy atom. The number of nitrogens with one attached hydrogen (secondary N) is 3.